The van der Waals surface area contributed by atoms with E-state index in [1.165, 1.54) is 6.26 Å². The fourth-order valence-corrected chi connectivity index (χ4v) is 1.97. The number of carbonyl (C=O) groups excluding carboxylic acids is 1. The second kappa shape index (κ2) is 5.54. The minimum absolute atomic E-state index is 0.0352. The van der Waals surface area contributed by atoms with Crippen molar-refractivity contribution in [1.82, 2.24) is 10.5 Å². The molecule has 2 aromatic heterocycles. The number of hydrogen-bond acceptors (Lipinski definition) is 5. The maximum absolute atomic E-state index is 12.3. The summed E-state index contributed by atoms with van der Waals surface area (Å²) in [5.41, 5.74) is 7.15. The molecule has 3 N–H and O–H groups in total. The lowest BCUT2D eigenvalue weighted by molar-refractivity contribution is 0.0952. The smallest absolute Gasteiger partial charge is 0.259 e. The highest BCUT2D eigenvalue weighted by atomic mass is 16.5. The van der Waals surface area contributed by atoms with Crippen LogP contribution in [0.2, 0.25) is 0 Å². The van der Waals surface area contributed by atoms with Crippen LogP contribution in [0.25, 0.3) is 11.5 Å². The highest BCUT2D eigenvalue weighted by Crippen LogP contribution is 2.27. The predicted molar refractivity (Wildman–Crippen MR) is 76.2 cm³/mol. The van der Waals surface area contributed by atoms with E-state index in [4.69, 9.17) is 14.7 Å². The van der Waals surface area contributed by atoms with Gasteiger partial charge in [0.25, 0.3) is 5.91 Å². The molecule has 2 heterocycles. The van der Waals surface area contributed by atoms with E-state index in [-0.39, 0.29) is 17.4 Å². The molecule has 0 spiro atoms. The van der Waals surface area contributed by atoms with Crippen LogP contribution in [0.4, 0.5) is 5.88 Å². The SMILES string of the molecule is Nc1onc(-c2ccco2)c1C(=O)NCc1ccccc1. The van der Waals surface area contributed by atoms with Crippen molar-refractivity contribution in [3.05, 3.63) is 59.9 Å². The van der Waals surface area contributed by atoms with Gasteiger partial charge in [-0.25, -0.2) is 0 Å². The average Bonchev–Trinajstić information content (AvgIpc) is 3.15. The summed E-state index contributed by atoms with van der Waals surface area (Å²) < 4.78 is 10.1. The van der Waals surface area contributed by atoms with Gasteiger partial charge in [-0.3, -0.25) is 4.79 Å². The first-order valence-corrected chi connectivity index (χ1v) is 6.37. The molecule has 6 heteroatoms. The molecule has 6 nitrogen and oxygen atoms in total. The molecule has 0 bridgehead atoms. The van der Waals surface area contributed by atoms with Crippen LogP contribution in [0.5, 0.6) is 0 Å². The summed E-state index contributed by atoms with van der Waals surface area (Å²) in [7, 11) is 0. The summed E-state index contributed by atoms with van der Waals surface area (Å²) in [4.78, 5) is 12.3. The molecule has 0 aliphatic rings. The number of nitrogens with two attached hydrogens (primary N) is 1. The van der Waals surface area contributed by atoms with Crippen LogP contribution in [-0.2, 0) is 6.54 Å². The summed E-state index contributed by atoms with van der Waals surface area (Å²) in [5.74, 6) is 0.0382. The van der Waals surface area contributed by atoms with Crippen molar-refractivity contribution < 1.29 is 13.7 Å². The van der Waals surface area contributed by atoms with Crippen molar-refractivity contribution >= 4 is 11.8 Å². The number of nitrogens with zero attached hydrogens (tertiary/aromatic N) is 1. The normalized spacial score (nSPS) is 10.5. The molecule has 0 unspecified atom stereocenters. The molecule has 106 valence electrons. The van der Waals surface area contributed by atoms with Gasteiger partial charge < -0.3 is 20.0 Å². The van der Waals surface area contributed by atoms with E-state index in [0.717, 1.165) is 5.56 Å². The second-order valence-electron chi connectivity index (χ2n) is 4.42. The van der Waals surface area contributed by atoms with Crippen LogP contribution < -0.4 is 11.1 Å². The van der Waals surface area contributed by atoms with Gasteiger partial charge >= 0.3 is 0 Å². The molecule has 0 saturated carbocycles. The van der Waals surface area contributed by atoms with E-state index in [1.54, 1.807) is 12.1 Å². The van der Waals surface area contributed by atoms with Gasteiger partial charge in [-0.1, -0.05) is 35.5 Å². The highest BCUT2D eigenvalue weighted by molar-refractivity contribution is 6.03. The lowest BCUT2D eigenvalue weighted by Gasteiger charge is -2.04. The Hall–Kier alpha value is -3.02. The third-order valence-electron chi connectivity index (χ3n) is 3.00. The summed E-state index contributed by atoms with van der Waals surface area (Å²) in [6.07, 6.45) is 1.49. The summed E-state index contributed by atoms with van der Waals surface area (Å²) in [6.45, 7) is 0.391. The van der Waals surface area contributed by atoms with E-state index >= 15 is 0 Å². The summed E-state index contributed by atoms with van der Waals surface area (Å²) in [6, 6.07) is 13.0. The third kappa shape index (κ3) is 2.64. The molecule has 0 atom stereocenters. The van der Waals surface area contributed by atoms with Crippen LogP contribution in [0.3, 0.4) is 0 Å². The number of furan rings is 1. The third-order valence-corrected chi connectivity index (χ3v) is 3.00. The molecule has 0 saturated heterocycles. The largest absolute Gasteiger partial charge is 0.463 e. The van der Waals surface area contributed by atoms with Crippen LogP contribution in [0.15, 0.2) is 57.7 Å². The zero-order chi connectivity index (χ0) is 14.7. The lowest BCUT2D eigenvalue weighted by Crippen LogP contribution is -2.23. The van der Waals surface area contributed by atoms with Crippen LogP contribution in [0, 0.1) is 0 Å². The van der Waals surface area contributed by atoms with Crippen LogP contribution in [0.1, 0.15) is 15.9 Å². The number of nitrogens with one attached hydrogen (secondary N) is 1. The number of nitrogen functional groups attached to an aromatic ring is 1. The van der Waals surface area contributed by atoms with E-state index in [9.17, 15) is 4.79 Å². The number of anilines is 1. The number of aromatic nitrogens is 1. The van der Waals surface area contributed by atoms with Crippen molar-refractivity contribution in [2.75, 3.05) is 5.73 Å². The highest BCUT2D eigenvalue weighted by Gasteiger charge is 2.23. The Morgan fingerprint density at radius 1 is 1.19 bits per heavy atom. The quantitative estimate of drug-likeness (QED) is 0.767. The summed E-state index contributed by atoms with van der Waals surface area (Å²) >= 11 is 0. The van der Waals surface area contributed by atoms with Gasteiger partial charge in [0, 0.05) is 6.54 Å². The zero-order valence-corrected chi connectivity index (χ0v) is 11.1. The minimum Gasteiger partial charge on any atom is -0.463 e. The molecule has 0 aliphatic heterocycles. The number of hydrogen-bond donors (Lipinski definition) is 2. The van der Waals surface area contributed by atoms with Gasteiger partial charge in [0.2, 0.25) is 5.88 Å². The molecule has 0 fully saturated rings. The van der Waals surface area contributed by atoms with E-state index in [2.05, 4.69) is 10.5 Å². The van der Waals surface area contributed by atoms with E-state index < -0.39 is 0 Å². The maximum Gasteiger partial charge on any atom is 0.259 e. The molecular formula is C15H13N3O3. The molecule has 0 radical (unpaired) electrons. The fourth-order valence-electron chi connectivity index (χ4n) is 1.97. The number of carbonyl (C=O) groups is 1. The van der Waals surface area contributed by atoms with Gasteiger partial charge in [0.15, 0.2) is 11.5 Å². The first-order valence-electron chi connectivity index (χ1n) is 6.37. The number of rotatable bonds is 4. The number of amides is 1. The minimum atomic E-state index is -0.357. The Kier molecular flexibility index (Phi) is 3.42. The monoisotopic (exact) mass is 283 g/mol. The summed E-state index contributed by atoms with van der Waals surface area (Å²) in [5, 5.41) is 6.56. The van der Waals surface area contributed by atoms with Crippen molar-refractivity contribution in [2.24, 2.45) is 0 Å². The Morgan fingerprint density at radius 2 is 2.00 bits per heavy atom. The van der Waals surface area contributed by atoms with Gasteiger partial charge in [0.1, 0.15) is 5.56 Å². The Morgan fingerprint density at radius 3 is 2.71 bits per heavy atom. The van der Waals surface area contributed by atoms with E-state index in [1.807, 2.05) is 30.3 Å². The van der Waals surface area contributed by atoms with Crippen molar-refractivity contribution in [3.63, 3.8) is 0 Å². The van der Waals surface area contributed by atoms with Crippen LogP contribution >= 0.6 is 0 Å². The van der Waals surface area contributed by atoms with Crippen molar-refractivity contribution in [1.29, 1.82) is 0 Å². The molecule has 0 aliphatic carbocycles. The van der Waals surface area contributed by atoms with Gasteiger partial charge in [0.05, 0.1) is 6.26 Å². The molecule has 3 rings (SSSR count). The first kappa shape index (κ1) is 13.0. The van der Waals surface area contributed by atoms with Crippen molar-refractivity contribution in [2.45, 2.75) is 6.54 Å². The lowest BCUT2D eigenvalue weighted by atomic mass is 10.1. The van der Waals surface area contributed by atoms with Crippen LogP contribution in [-0.4, -0.2) is 11.1 Å². The first-order chi connectivity index (χ1) is 10.3. The molecular weight excluding hydrogens is 270 g/mol. The molecule has 3 aromatic rings. The van der Waals surface area contributed by atoms with E-state index in [0.29, 0.717) is 18.0 Å². The van der Waals surface area contributed by atoms with Gasteiger partial charge in [-0.15, -0.1) is 0 Å². The molecule has 21 heavy (non-hydrogen) atoms. The average molecular weight is 283 g/mol. The second-order valence-corrected chi connectivity index (χ2v) is 4.42. The molecule has 1 aromatic carbocycles. The Balaban J connectivity index is 1.80. The molecule has 1 amide bonds. The van der Waals surface area contributed by atoms with Gasteiger partial charge in [-0.05, 0) is 17.7 Å². The standard InChI is InChI=1S/C15H13N3O3/c16-14-12(13(18-21-14)11-7-4-8-20-11)15(19)17-9-10-5-2-1-3-6-10/h1-8H,9,16H2,(H,17,19). The fraction of sp³-hybridized carbons (Fsp3) is 0.0667. The number of benzene rings is 1. The topological polar surface area (TPSA) is 94.3 Å². The Labute approximate surface area is 120 Å². The maximum atomic E-state index is 12.3. The zero-order valence-electron chi connectivity index (χ0n) is 11.1. The Bertz CT molecular complexity index is 733. The predicted octanol–water partition coefficient (Wildman–Crippen LogP) is 2.45. The van der Waals surface area contributed by atoms with Gasteiger partial charge in [-0.2, -0.15) is 0 Å². The van der Waals surface area contributed by atoms with Crippen molar-refractivity contribution in [3.8, 4) is 11.5 Å².